The number of carbonyl (C=O) groups is 1. The summed E-state index contributed by atoms with van der Waals surface area (Å²) in [7, 11) is 0. The Morgan fingerprint density at radius 2 is 2.06 bits per heavy atom. The summed E-state index contributed by atoms with van der Waals surface area (Å²) in [5, 5.41) is 9.06. The first-order valence-corrected chi connectivity index (χ1v) is 6.00. The predicted octanol–water partition coefficient (Wildman–Crippen LogP) is 3.64. The number of aromatic carboxylic acids is 1. The molecule has 0 fully saturated rings. The standard InChI is InChI=1S/C13H10BrNO3/c1-8-6-7-15-12(11(8)14)18-10-5-3-2-4-9(10)13(16)17/h2-7H,1H3,(H,16,17). The van der Waals surface area contributed by atoms with Crippen LogP contribution in [0.3, 0.4) is 0 Å². The van der Waals surface area contributed by atoms with E-state index >= 15 is 0 Å². The van der Waals surface area contributed by atoms with Crippen LogP contribution in [0.2, 0.25) is 0 Å². The number of carboxylic acids is 1. The van der Waals surface area contributed by atoms with Crippen molar-refractivity contribution in [2.75, 3.05) is 0 Å². The van der Waals surface area contributed by atoms with E-state index in [1.807, 2.05) is 13.0 Å². The molecular formula is C13H10BrNO3. The molecule has 0 amide bonds. The van der Waals surface area contributed by atoms with Crippen LogP contribution in [-0.4, -0.2) is 16.1 Å². The molecule has 0 saturated carbocycles. The average molecular weight is 308 g/mol. The molecule has 1 heterocycles. The highest BCUT2D eigenvalue weighted by Crippen LogP contribution is 2.31. The van der Waals surface area contributed by atoms with Crippen LogP contribution in [0.4, 0.5) is 0 Å². The smallest absolute Gasteiger partial charge is 0.339 e. The molecule has 0 unspecified atom stereocenters. The van der Waals surface area contributed by atoms with Crippen molar-refractivity contribution in [3.8, 4) is 11.6 Å². The van der Waals surface area contributed by atoms with Crippen molar-refractivity contribution in [3.63, 3.8) is 0 Å². The van der Waals surface area contributed by atoms with Crippen molar-refractivity contribution in [3.05, 3.63) is 52.1 Å². The molecule has 5 heteroatoms. The van der Waals surface area contributed by atoms with Gasteiger partial charge in [-0.25, -0.2) is 9.78 Å². The van der Waals surface area contributed by atoms with Crippen molar-refractivity contribution in [1.29, 1.82) is 0 Å². The molecule has 0 bridgehead atoms. The molecule has 0 aliphatic rings. The maximum absolute atomic E-state index is 11.1. The largest absolute Gasteiger partial charge is 0.478 e. The lowest BCUT2D eigenvalue weighted by Gasteiger charge is -2.09. The van der Waals surface area contributed by atoms with Crippen LogP contribution in [0.5, 0.6) is 11.6 Å². The minimum Gasteiger partial charge on any atom is -0.478 e. The maximum Gasteiger partial charge on any atom is 0.339 e. The van der Waals surface area contributed by atoms with E-state index in [1.165, 1.54) is 6.07 Å². The SMILES string of the molecule is Cc1ccnc(Oc2ccccc2C(=O)O)c1Br. The summed E-state index contributed by atoms with van der Waals surface area (Å²) in [6.07, 6.45) is 1.61. The fraction of sp³-hybridized carbons (Fsp3) is 0.0769. The summed E-state index contributed by atoms with van der Waals surface area (Å²) < 4.78 is 6.26. The Kier molecular flexibility index (Phi) is 3.62. The molecule has 0 saturated heterocycles. The Morgan fingerprint density at radius 3 is 2.78 bits per heavy atom. The van der Waals surface area contributed by atoms with Gasteiger partial charge >= 0.3 is 5.97 Å². The molecule has 0 atom stereocenters. The van der Waals surface area contributed by atoms with E-state index in [2.05, 4.69) is 20.9 Å². The van der Waals surface area contributed by atoms with E-state index in [-0.39, 0.29) is 11.3 Å². The Bertz CT molecular complexity index is 599. The summed E-state index contributed by atoms with van der Waals surface area (Å²) in [5.74, 6) is -0.415. The van der Waals surface area contributed by atoms with Crippen LogP contribution < -0.4 is 4.74 Å². The molecule has 0 aliphatic carbocycles. The van der Waals surface area contributed by atoms with Crippen molar-refractivity contribution in [1.82, 2.24) is 4.98 Å². The molecule has 1 aromatic carbocycles. The van der Waals surface area contributed by atoms with Crippen molar-refractivity contribution < 1.29 is 14.6 Å². The molecule has 18 heavy (non-hydrogen) atoms. The van der Waals surface area contributed by atoms with Gasteiger partial charge in [-0.05, 0) is 46.6 Å². The molecule has 1 N–H and O–H groups in total. The van der Waals surface area contributed by atoms with Gasteiger partial charge in [-0.2, -0.15) is 0 Å². The van der Waals surface area contributed by atoms with Crippen LogP contribution in [0, 0.1) is 6.92 Å². The average Bonchev–Trinajstić information content (AvgIpc) is 2.35. The summed E-state index contributed by atoms with van der Waals surface area (Å²) in [6, 6.07) is 8.28. The quantitative estimate of drug-likeness (QED) is 0.940. The summed E-state index contributed by atoms with van der Waals surface area (Å²) in [6.45, 7) is 1.90. The van der Waals surface area contributed by atoms with E-state index in [4.69, 9.17) is 9.84 Å². The molecule has 4 nitrogen and oxygen atoms in total. The Labute approximate surface area is 112 Å². The van der Waals surface area contributed by atoms with Gasteiger partial charge in [-0.1, -0.05) is 12.1 Å². The number of pyridine rings is 1. The number of benzene rings is 1. The molecule has 2 aromatic rings. The van der Waals surface area contributed by atoms with Crippen LogP contribution in [0.1, 0.15) is 15.9 Å². The predicted molar refractivity (Wildman–Crippen MR) is 70.1 cm³/mol. The number of halogens is 1. The zero-order valence-corrected chi connectivity index (χ0v) is 11.1. The molecule has 1 aromatic heterocycles. The van der Waals surface area contributed by atoms with Crippen LogP contribution in [0.25, 0.3) is 0 Å². The number of hydrogen-bond donors (Lipinski definition) is 1. The highest BCUT2D eigenvalue weighted by Gasteiger charge is 2.13. The first kappa shape index (κ1) is 12.6. The lowest BCUT2D eigenvalue weighted by molar-refractivity contribution is 0.0694. The topological polar surface area (TPSA) is 59.4 Å². The molecule has 2 rings (SSSR count). The third-order valence-electron chi connectivity index (χ3n) is 2.37. The number of ether oxygens (including phenoxy) is 1. The molecule has 0 radical (unpaired) electrons. The van der Waals surface area contributed by atoms with Gasteiger partial charge in [0.2, 0.25) is 5.88 Å². The van der Waals surface area contributed by atoms with Gasteiger partial charge in [-0.15, -0.1) is 0 Å². The lowest BCUT2D eigenvalue weighted by Crippen LogP contribution is -2.00. The van der Waals surface area contributed by atoms with Gasteiger partial charge in [-0.3, -0.25) is 0 Å². The van der Waals surface area contributed by atoms with Gasteiger partial charge in [0, 0.05) is 6.20 Å². The molecule has 0 aliphatic heterocycles. The summed E-state index contributed by atoms with van der Waals surface area (Å²) >= 11 is 3.36. The van der Waals surface area contributed by atoms with Crippen LogP contribution in [0.15, 0.2) is 41.0 Å². The zero-order valence-electron chi connectivity index (χ0n) is 9.55. The van der Waals surface area contributed by atoms with Crippen molar-refractivity contribution in [2.45, 2.75) is 6.92 Å². The van der Waals surface area contributed by atoms with Gasteiger partial charge < -0.3 is 9.84 Å². The number of rotatable bonds is 3. The first-order valence-electron chi connectivity index (χ1n) is 5.21. The van der Waals surface area contributed by atoms with Crippen LogP contribution >= 0.6 is 15.9 Å². The third-order valence-corrected chi connectivity index (χ3v) is 3.34. The minimum absolute atomic E-state index is 0.104. The summed E-state index contributed by atoms with van der Waals surface area (Å²) in [4.78, 5) is 15.1. The number of nitrogens with zero attached hydrogens (tertiary/aromatic N) is 1. The van der Waals surface area contributed by atoms with E-state index in [9.17, 15) is 4.79 Å². The Hall–Kier alpha value is -1.88. The monoisotopic (exact) mass is 307 g/mol. The van der Waals surface area contributed by atoms with E-state index in [1.54, 1.807) is 24.4 Å². The fourth-order valence-electron chi connectivity index (χ4n) is 1.42. The molecular weight excluding hydrogens is 298 g/mol. The summed E-state index contributed by atoms with van der Waals surface area (Å²) in [5.41, 5.74) is 1.07. The highest BCUT2D eigenvalue weighted by molar-refractivity contribution is 9.10. The second-order valence-corrected chi connectivity index (χ2v) is 4.44. The lowest BCUT2D eigenvalue weighted by atomic mass is 10.2. The Balaban J connectivity index is 2.40. The van der Waals surface area contributed by atoms with Gasteiger partial charge in [0.05, 0.1) is 4.47 Å². The number of aromatic nitrogens is 1. The number of para-hydroxylation sites is 1. The van der Waals surface area contributed by atoms with E-state index < -0.39 is 5.97 Å². The maximum atomic E-state index is 11.1. The fourth-order valence-corrected chi connectivity index (χ4v) is 1.74. The van der Waals surface area contributed by atoms with Gasteiger partial charge in [0.25, 0.3) is 0 Å². The normalized spacial score (nSPS) is 10.1. The zero-order chi connectivity index (χ0) is 13.1. The molecule has 92 valence electrons. The number of carboxylic acid groups (broad SMARTS) is 1. The first-order chi connectivity index (χ1) is 8.59. The molecule has 0 spiro atoms. The second-order valence-electron chi connectivity index (χ2n) is 3.65. The Morgan fingerprint density at radius 1 is 1.33 bits per heavy atom. The number of hydrogen-bond acceptors (Lipinski definition) is 3. The third kappa shape index (κ3) is 2.51. The second kappa shape index (κ2) is 5.18. The van der Waals surface area contributed by atoms with E-state index in [0.29, 0.717) is 10.4 Å². The highest BCUT2D eigenvalue weighted by atomic mass is 79.9. The van der Waals surface area contributed by atoms with Crippen molar-refractivity contribution >= 4 is 21.9 Å². The number of aryl methyl sites for hydroxylation is 1. The van der Waals surface area contributed by atoms with Gasteiger partial charge in [0.15, 0.2) is 0 Å². The van der Waals surface area contributed by atoms with E-state index in [0.717, 1.165) is 5.56 Å². The van der Waals surface area contributed by atoms with Gasteiger partial charge in [0.1, 0.15) is 11.3 Å². The van der Waals surface area contributed by atoms with Crippen molar-refractivity contribution in [2.24, 2.45) is 0 Å². The minimum atomic E-state index is -1.03. The van der Waals surface area contributed by atoms with Crippen LogP contribution in [-0.2, 0) is 0 Å².